The Morgan fingerprint density at radius 2 is 1.89 bits per heavy atom. The molecule has 0 bridgehead atoms. The number of aryl methyl sites for hydroxylation is 1. The van der Waals surface area contributed by atoms with Gasteiger partial charge < -0.3 is 11.1 Å². The first-order chi connectivity index (χ1) is 12.6. The summed E-state index contributed by atoms with van der Waals surface area (Å²) in [6.45, 7) is 0.846. The fraction of sp³-hybridized carbons (Fsp3) is 0.200. The zero-order valence-corrected chi connectivity index (χ0v) is 18.7. The van der Waals surface area contributed by atoms with Gasteiger partial charge in [0.15, 0.2) is 0 Å². The normalized spacial score (nSPS) is 11.6. The number of carbonyl (C=O) groups is 1. The van der Waals surface area contributed by atoms with E-state index in [4.69, 9.17) is 16.7 Å². The number of aromatic carboxylic acids is 1. The van der Waals surface area contributed by atoms with Gasteiger partial charge in [-0.2, -0.15) is 0 Å². The van der Waals surface area contributed by atoms with Crippen molar-refractivity contribution >= 4 is 29.3 Å². The molecule has 0 aliphatic carbocycles. The van der Waals surface area contributed by atoms with Crippen LogP contribution in [0.4, 0.5) is 0 Å². The number of rotatable bonds is 8. The van der Waals surface area contributed by atoms with Gasteiger partial charge in [0, 0.05) is 34.1 Å². The molecule has 0 amide bonds. The Balaban J connectivity index is 0.00000196. The standard InChI is InChI=1S/C20H19ClN2O2S.Na.H/c21-17-6-1-15(2-7-17)3-8-19(13-23-12-11-22-14-23)26-18-9-4-16(5-10-18)20(24)25;;/h1-2,4-7,9-12,14,19H,3,8,13H2,(H,24,25);;/q;+1;-1. The second kappa shape index (κ2) is 10.9. The predicted octanol–water partition coefficient (Wildman–Crippen LogP) is 2.14. The van der Waals surface area contributed by atoms with E-state index in [2.05, 4.69) is 21.7 Å². The third-order valence-electron chi connectivity index (χ3n) is 4.05. The van der Waals surface area contributed by atoms with Gasteiger partial charge in [0.2, 0.25) is 0 Å². The Labute approximate surface area is 191 Å². The summed E-state index contributed by atoms with van der Waals surface area (Å²) in [5.74, 6) is -0.903. The van der Waals surface area contributed by atoms with Crippen LogP contribution in [-0.2, 0) is 13.0 Å². The molecule has 0 spiro atoms. The second-order valence-electron chi connectivity index (χ2n) is 5.99. The minimum atomic E-state index is -0.903. The number of hydrogen-bond acceptors (Lipinski definition) is 3. The first-order valence-electron chi connectivity index (χ1n) is 8.30. The first-order valence-corrected chi connectivity index (χ1v) is 9.56. The zero-order chi connectivity index (χ0) is 18.4. The van der Waals surface area contributed by atoms with Gasteiger partial charge in [-0.15, -0.1) is 11.8 Å². The molecule has 1 heterocycles. The van der Waals surface area contributed by atoms with Crippen molar-refractivity contribution < 1.29 is 40.9 Å². The average molecular weight is 411 g/mol. The summed E-state index contributed by atoms with van der Waals surface area (Å²) in [4.78, 5) is 16.2. The molecule has 136 valence electrons. The molecule has 0 aliphatic rings. The van der Waals surface area contributed by atoms with Crippen LogP contribution >= 0.6 is 23.4 Å². The second-order valence-corrected chi connectivity index (χ2v) is 7.80. The third-order valence-corrected chi connectivity index (χ3v) is 5.56. The number of hydrogen-bond donors (Lipinski definition) is 1. The summed E-state index contributed by atoms with van der Waals surface area (Å²) in [6, 6.07) is 15.0. The van der Waals surface area contributed by atoms with Gasteiger partial charge in [-0.05, 0) is 54.8 Å². The van der Waals surface area contributed by atoms with Gasteiger partial charge in [-0.3, -0.25) is 0 Å². The zero-order valence-electron chi connectivity index (χ0n) is 16.1. The topological polar surface area (TPSA) is 55.1 Å². The minimum Gasteiger partial charge on any atom is -1.00 e. The van der Waals surface area contributed by atoms with E-state index in [1.54, 1.807) is 30.1 Å². The Hall–Kier alpha value is -1.24. The molecule has 7 heteroatoms. The molecule has 1 unspecified atom stereocenters. The van der Waals surface area contributed by atoms with Crippen molar-refractivity contribution in [3.05, 3.63) is 83.4 Å². The molecule has 4 nitrogen and oxygen atoms in total. The SMILES string of the molecule is O=C(O)c1ccc(SC(CCc2ccc(Cl)cc2)Cn2ccnc2)cc1.[H-].[Na+]. The number of aromatic nitrogens is 2. The van der Waals surface area contributed by atoms with E-state index >= 15 is 0 Å². The largest absolute Gasteiger partial charge is 1.00 e. The predicted molar refractivity (Wildman–Crippen MR) is 106 cm³/mol. The Morgan fingerprint density at radius 3 is 2.48 bits per heavy atom. The fourth-order valence-corrected chi connectivity index (χ4v) is 3.95. The molecule has 0 saturated heterocycles. The van der Waals surface area contributed by atoms with Crippen LogP contribution in [0, 0.1) is 0 Å². The molecule has 1 aromatic heterocycles. The maximum atomic E-state index is 11.0. The van der Waals surface area contributed by atoms with Crippen molar-refractivity contribution in [3.8, 4) is 0 Å². The van der Waals surface area contributed by atoms with Crippen molar-refractivity contribution in [2.75, 3.05) is 0 Å². The fourth-order valence-electron chi connectivity index (χ4n) is 2.66. The molecular weight excluding hydrogens is 391 g/mol. The Morgan fingerprint density at radius 1 is 1.19 bits per heavy atom. The van der Waals surface area contributed by atoms with Gasteiger partial charge in [0.25, 0.3) is 0 Å². The van der Waals surface area contributed by atoms with Crippen LogP contribution in [-0.4, -0.2) is 25.9 Å². The van der Waals surface area contributed by atoms with Crippen molar-refractivity contribution in [1.29, 1.82) is 0 Å². The number of halogens is 1. The molecule has 2 aromatic carbocycles. The first kappa shape index (κ1) is 22.1. The molecule has 0 aliphatic heterocycles. The summed E-state index contributed by atoms with van der Waals surface area (Å²) in [7, 11) is 0. The van der Waals surface area contributed by atoms with Gasteiger partial charge in [0.05, 0.1) is 11.9 Å². The summed E-state index contributed by atoms with van der Waals surface area (Å²) in [5.41, 5.74) is 1.56. The molecule has 0 radical (unpaired) electrons. The maximum absolute atomic E-state index is 11.0. The van der Waals surface area contributed by atoms with E-state index < -0.39 is 5.97 Å². The van der Waals surface area contributed by atoms with Gasteiger partial charge in [0.1, 0.15) is 0 Å². The summed E-state index contributed by atoms with van der Waals surface area (Å²) in [5, 5.41) is 10.1. The van der Waals surface area contributed by atoms with E-state index in [1.165, 1.54) is 5.56 Å². The van der Waals surface area contributed by atoms with Crippen molar-refractivity contribution in [2.24, 2.45) is 0 Å². The van der Waals surface area contributed by atoms with Crippen molar-refractivity contribution in [1.82, 2.24) is 9.55 Å². The van der Waals surface area contributed by atoms with E-state index in [9.17, 15) is 4.79 Å². The van der Waals surface area contributed by atoms with E-state index in [0.717, 1.165) is 29.3 Å². The van der Waals surface area contributed by atoms with E-state index in [-0.39, 0.29) is 31.0 Å². The minimum absolute atomic E-state index is 0. The molecule has 27 heavy (non-hydrogen) atoms. The molecule has 1 atom stereocenters. The van der Waals surface area contributed by atoms with Crippen LogP contribution in [0.2, 0.25) is 5.02 Å². The Kier molecular flexibility index (Phi) is 8.93. The monoisotopic (exact) mass is 410 g/mol. The van der Waals surface area contributed by atoms with E-state index in [1.807, 2.05) is 36.8 Å². The van der Waals surface area contributed by atoms with Crippen LogP contribution < -0.4 is 29.6 Å². The van der Waals surface area contributed by atoms with Crippen LogP contribution in [0.15, 0.2) is 72.1 Å². The van der Waals surface area contributed by atoms with Gasteiger partial charge in [-0.25, -0.2) is 9.78 Å². The molecular formula is C20H20ClN2NaO2S. The van der Waals surface area contributed by atoms with Crippen molar-refractivity contribution in [3.63, 3.8) is 0 Å². The number of carboxylic acid groups (broad SMARTS) is 1. The average Bonchev–Trinajstić information content (AvgIpc) is 3.14. The number of thioether (sulfide) groups is 1. The Bertz CT molecular complexity index is 846. The van der Waals surface area contributed by atoms with Crippen LogP contribution in [0.3, 0.4) is 0 Å². The smallest absolute Gasteiger partial charge is 1.00 e. The van der Waals surface area contributed by atoms with Crippen LogP contribution in [0.1, 0.15) is 23.8 Å². The maximum Gasteiger partial charge on any atom is 1.00 e. The van der Waals surface area contributed by atoms with Crippen LogP contribution in [0.5, 0.6) is 0 Å². The van der Waals surface area contributed by atoms with E-state index in [0.29, 0.717) is 10.8 Å². The molecule has 0 saturated carbocycles. The number of carboxylic acids is 1. The number of benzene rings is 2. The van der Waals surface area contributed by atoms with Gasteiger partial charge >= 0.3 is 35.5 Å². The molecule has 1 N–H and O–H groups in total. The quantitative estimate of drug-likeness (QED) is 0.456. The number of nitrogens with zero attached hydrogens (tertiary/aromatic N) is 2. The van der Waals surface area contributed by atoms with Gasteiger partial charge in [-0.1, -0.05) is 23.7 Å². The summed E-state index contributed by atoms with van der Waals surface area (Å²) in [6.07, 6.45) is 7.51. The van der Waals surface area contributed by atoms with Crippen LogP contribution in [0.25, 0.3) is 0 Å². The molecule has 3 aromatic rings. The number of imidazole rings is 1. The van der Waals surface area contributed by atoms with Crippen molar-refractivity contribution in [2.45, 2.75) is 29.5 Å². The molecule has 0 fully saturated rings. The summed E-state index contributed by atoms with van der Waals surface area (Å²) >= 11 is 7.72. The molecule has 3 rings (SSSR count). The third kappa shape index (κ3) is 7.01. The summed E-state index contributed by atoms with van der Waals surface area (Å²) < 4.78 is 2.07.